The Bertz CT molecular complexity index is 1000. The summed E-state index contributed by atoms with van der Waals surface area (Å²) < 4.78 is 24.7. The zero-order valence-corrected chi connectivity index (χ0v) is 16.1. The number of aryl methyl sites for hydroxylation is 1. The molecule has 1 unspecified atom stereocenters. The maximum Gasteiger partial charge on any atom is 0.305 e. The lowest BCUT2D eigenvalue weighted by atomic mass is 10.1. The Kier molecular flexibility index (Phi) is 5.46. The van der Waals surface area contributed by atoms with Crippen molar-refractivity contribution >= 4 is 38.7 Å². The number of carbonyl (C=O) groups is 2. The number of amides is 2. The van der Waals surface area contributed by atoms with E-state index in [1.165, 1.54) is 31.2 Å². The van der Waals surface area contributed by atoms with E-state index in [4.69, 9.17) is 9.15 Å². The van der Waals surface area contributed by atoms with Crippen molar-refractivity contribution in [2.45, 2.75) is 20.0 Å². The first kappa shape index (κ1) is 18.9. The van der Waals surface area contributed by atoms with Crippen LogP contribution in [0.2, 0.25) is 0 Å². The highest BCUT2D eigenvalue weighted by Gasteiger charge is 2.20. The van der Waals surface area contributed by atoms with Gasteiger partial charge in [-0.2, -0.15) is 0 Å². The Morgan fingerprint density at radius 2 is 1.85 bits per heavy atom. The normalized spacial score (nSPS) is 11.9. The molecule has 0 saturated carbocycles. The molecular formula is C19H16BrFN2O4. The number of carbonyl (C=O) groups excluding carboxylic acids is 2. The van der Waals surface area contributed by atoms with Crippen molar-refractivity contribution in [3.63, 3.8) is 0 Å². The maximum atomic E-state index is 12.9. The summed E-state index contributed by atoms with van der Waals surface area (Å²) in [6, 6.07) is 10.7. The Morgan fingerprint density at radius 3 is 2.56 bits per heavy atom. The molecule has 3 rings (SSSR count). The smallest absolute Gasteiger partial charge is 0.305 e. The molecule has 6 nitrogen and oxygen atoms in total. The fourth-order valence-corrected chi connectivity index (χ4v) is 2.82. The van der Waals surface area contributed by atoms with Crippen LogP contribution in [0.4, 0.5) is 4.39 Å². The second-order valence-electron chi connectivity index (χ2n) is 5.85. The number of hydrogen-bond donors (Lipinski definition) is 2. The standard InChI is InChI=1S/C19H16BrFN2O4/c1-10-15-9-12(20)3-8-16(15)27-17(10)19(25)23-22-18(24)11(2)26-14-6-4-13(21)5-7-14/h3-9,11H,1-2H3,(H,22,24)(H,23,25). The monoisotopic (exact) mass is 434 g/mol. The first-order valence-electron chi connectivity index (χ1n) is 8.06. The molecule has 0 radical (unpaired) electrons. The number of furan rings is 1. The van der Waals surface area contributed by atoms with Gasteiger partial charge in [-0.1, -0.05) is 15.9 Å². The van der Waals surface area contributed by atoms with Gasteiger partial charge in [-0.15, -0.1) is 0 Å². The number of hydrazine groups is 1. The Labute approximate surface area is 162 Å². The number of nitrogens with one attached hydrogen (secondary N) is 2. The van der Waals surface area contributed by atoms with Gasteiger partial charge in [0.1, 0.15) is 17.1 Å². The molecule has 27 heavy (non-hydrogen) atoms. The zero-order chi connectivity index (χ0) is 19.6. The van der Waals surface area contributed by atoms with E-state index in [0.29, 0.717) is 16.9 Å². The third-order valence-electron chi connectivity index (χ3n) is 3.90. The first-order valence-corrected chi connectivity index (χ1v) is 8.85. The highest BCUT2D eigenvalue weighted by Crippen LogP contribution is 2.27. The van der Waals surface area contributed by atoms with Crippen molar-refractivity contribution < 1.29 is 23.1 Å². The van der Waals surface area contributed by atoms with Crippen LogP contribution in [0.5, 0.6) is 5.75 Å². The average molecular weight is 435 g/mol. The molecule has 0 aliphatic heterocycles. The summed E-state index contributed by atoms with van der Waals surface area (Å²) in [5.41, 5.74) is 5.83. The topological polar surface area (TPSA) is 80.6 Å². The molecule has 0 saturated heterocycles. The maximum absolute atomic E-state index is 12.9. The van der Waals surface area contributed by atoms with Gasteiger partial charge < -0.3 is 9.15 Å². The third kappa shape index (κ3) is 4.28. The van der Waals surface area contributed by atoms with E-state index in [1.807, 2.05) is 12.1 Å². The summed E-state index contributed by atoms with van der Waals surface area (Å²) in [6.45, 7) is 3.27. The molecule has 8 heteroatoms. The molecule has 3 aromatic rings. The molecule has 0 aliphatic rings. The van der Waals surface area contributed by atoms with Crippen molar-refractivity contribution in [1.82, 2.24) is 10.9 Å². The molecule has 2 N–H and O–H groups in total. The van der Waals surface area contributed by atoms with Gasteiger partial charge >= 0.3 is 5.91 Å². The predicted octanol–water partition coefficient (Wildman–Crippen LogP) is 3.87. The van der Waals surface area contributed by atoms with E-state index >= 15 is 0 Å². The fourth-order valence-electron chi connectivity index (χ4n) is 2.46. The summed E-state index contributed by atoms with van der Waals surface area (Å²) in [5.74, 6) is -1.11. The zero-order valence-electron chi connectivity index (χ0n) is 14.5. The summed E-state index contributed by atoms with van der Waals surface area (Å²) in [7, 11) is 0. The quantitative estimate of drug-likeness (QED) is 0.610. The van der Waals surface area contributed by atoms with E-state index in [-0.39, 0.29) is 5.76 Å². The summed E-state index contributed by atoms with van der Waals surface area (Å²) in [6.07, 6.45) is -0.900. The van der Waals surface area contributed by atoms with E-state index in [9.17, 15) is 14.0 Å². The van der Waals surface area contributed by atoms with Gasteiger partial charge in [-0.25, -0.2) is 4.39 Å². The molecule has 0 spiro atoms. The molecule has 140 valence electrons. The third-order valence-corrected chi connectivity index (χ3v) is 4.39. The van der Waals surface area contributed by atoms with Crippen LogP contribution in [0.25, 0.3) is 11.0 Å². The minimum absolute atomic E-state index is 0.107. The lowest BCUT2D eigenvalue weighted by Crippen LogP contribution is -2.47. The van der Waals surface area contributed by atoms with Gasteiger partial charge in [-0.3, -0.25) is 20.4 Å². The summed E-state index contributed by atoms with van der Waals surface area (Å²) >= 11 is 3.38. The molecule has 0 aliphatic carbocycles. The largest absolute Gasteiger partial charge is 0.481 e. The van der Waals surface area contributed by atoms with Crippen molar-refractivity contribution in [2.24, 2.45) is 0 Å². The molecule has 0 fully saturated rings. The minimum atomic E-state index is -0.900. The van der Waals surface area contributed by atoms with Gasteiger partial charge in [0.15, 0.2) is 11.9 Å². The number of rotatable bonds is 4. The molecule has 2 aromatic carbocycles. The second kappa shape index (κ2) is 7.79. The minimum Gasteiger partial charge on any atom is -0.481 e. The van der Waals surface area contributed by atoms with E-state index in [2.05, 4.69) is 26.8 Å². The van der Waals surface area contributed by atoms with E-state index < -0.39 is 23.7 Å². The Morgan fingerprint density at radius 1 is 1.15 bits per heavy atom. The van der Waals surface area contributed by atoms with Gasteiger partial charge in [-0.05, 0) is 56.3 Å². The highest BCUT2D eigenvalue weighted by atomic mass is 79.9. The number of fused-ring (bicyclic) bond motifs is 1. The Hall–Kier alpha value is -2.87. The molecular weight excluding hydrogens is 419 g/mol. The fraction of sp³-hybridized carbons (Fsp3) is 0.158. The van der Waals surface area contributed by atoms with Crippen molar-refractivity contribution in [3.05, 3.63) is 64.1 Å². The Balaban J connectivity index is 1.62. The van der Waals surface area contributed by atoms with Gasteiger partial charge in [0.2, 0.25) is 0 Å². The van der Waals surface area contributed by atoms with Crippen LogP contribution in [0.15, 0.2) is 51.4 Å². The van der Waals surface area contributed by atoms with Gasteiger partial charge in [0.25, 0.3) is 5.91 Å². The SMILES string of the molecule is Cc1c(C(=O)NNC(=O)C(C)Oc2ccc(F)cc2)oc2ccc(Br)cc12. The molecule has 1 atom stereocenters. The van der Waals surface area contributed by atoms with Crippen LogP contribution in [0.1, 0.15) is 23.0 Å². The first-order chi connectivity index (χ1) is 12.8. The van der Waals surface area contributed by atoms with Crippen LogP contribution in [-0.4, -0.2) is 17.9 Å². The molecule has 1 aromatic heterocycles. The van der Waals surface area contributed by atoms with E-state index in [0.717, 1.165) is 9.86 Å². The average Bonchev–Trinajstić information content (AvgIpc) is 2.97. The number of halogens is 2. The van der Waals surface area contributed by atoms with Crippen molar-refractivity contribution in [2.75, 3.05) is 0 Å². The predicted molar refractivity (Wildman–Crippen MR) is 101 cm³/mol. The van der Waals surface area contributed by atoms with Crippen LogP contribution in [-0.2, 0) is 4.79 Å². The molecule has 1 heterocycles. The van der Waals surface area contributed by atoms with Crippen LogP contribution in [0.3, 0.4) is 0 Å². The van der Waals surface area contributed by atoms with Crippen LogP contribution in [0, 0.1) is 12.7 Å². The van der Waals surface area contributed by atoms with Gasteiger partial charge in [0.05, 0.1) is 0 Å². The highest BCUT2D eigenvalue weighted by molar-refractivity contribution is 9.10. The summed E-state index contributed by atoms with van der Waals surface area (Å²) in [4.78, 5) is 24.4. The molecule has 0 bridgehead atoms. The summed E-state index contributed by atoms with van der Waals surface area (Å²) in [5, 5.41) is 0.800. The lowest BCUT2D eigenvalue weighted by molar-refractivity contribution is -0.128. The van der Waals surface area contributed by atoms with Gasteiger partial charge in [0, 0.05) is 15.4 Å². The van der Waals surface area contributed by atoms with Crippen LogP contribution < -0.4 is 15.6 Å². The molecule has 2 amide bonds. The number of ether oxygens (including phenoxy) is 1. The van der Waals surface area contributed by atoms with E-state index in [1.54, 1.807) is 13.0 Å². The second-order valence-corrected chi connectivity index (χ2v) is 6.77. The van der Waals surface area contributed by atoms with Crippen LogP contribution >= 0.6 is 15.9 Å². The van der Waals surface area contributed by atoms with Crippen molar-refractivity contribution in [3.8, 4) is 5.75 Å². The number of hydrogen-bond acceptors (Lipinski definition) is 4. The lowest BCUT2D eigenvalue weighted by Gasteiger charge is -2.14. The number of benzene rings is 2. The van der Waals surface area contributed by atoms with Crippen molar-refractivity contribution in [1.29, 1.82) is 0 Å².